The molecule has 70 valence electrons. The average molecular weight is 187 g/mol. The smallest absolute Gasteiger partial charge is 0.306 e. The van der Waals surface area contributed by atoms with Gasteiger partial charge in [-0.3, -0.25) is 4.57 Å². The van der Waals surface area contributed by atoms with Gasteiger partial charge in [0.25, 0.3) is 0 Å². The fourth-order valence-electron chi connectivity index (χ4n) is 1.49. The van der Waals surface area contributed by atoms with Crippen molar-refractivity contribution in [1.29, 1.82) is 5.26 Å². The first kappa shape index (κ1) is 8.57. The molecule has 0 saturated heterocycles. The number of aromatic amines is 1. The molecule has 2 aromatic rings. The van der Waals surface area contributed by atoms with E-state index in [1.54, 1.807) is 4.57 Å². The minimum absolute atomic E-state index is 0.151. The van der Waals surface area contributed by atoms with Gasteiger partial charge >= 0.3 is 5.69 Å². The van der Waals surface area contributed by atoms with Crippen LogP contribution in [-0.4, -0.2) is 9.55 Å². The molecule has 14 heavy (non-hydrogen) atoms. The lowest BCUT2D eigenvalue weighted by Gasteiger charge is -1.97. The summed E-state index contributed by atoms with van der Waals surface area (Å²) >= 11 is 0. The van der Waals surface area contributed by atoms with E-state index in [4.69, 9.17) is 5.26 Å². The molecule has 1 N–H and O–H groups in total. The fraction of sp³-hybridized carbons (Fsp3) is 0.200. The number of nitrogens with zero attached hydrogens (tertiary/aromatic N) is 2. The van der Waals surface area contributed by atoms with Gasteiger partial charge in [0.1, 0.15) is 0 Å². The maximum absolute atomic E-state index is 11.4. The molecule has 0 atom stereocenters. The summed E-state index contributed by atoms with van der Waals surface area (Å²) in [6, 6.07) is 9.48. The molecule has 4 heteroatoms. The molecule has 0 aliphatic carbocycles. The Hall–Kier alpha value is -2.02. The lowest BCUT2D eigenvalue weighted by molar-refractivity contribution is 0.709. The first-order valence-electron chi connectivity index (χ1n) is 4.37. The molecule has 0 saturated carbocycles. The molecule has 0 amide bonds. The van der Waals surface area contributed by atoms with E-state index < -0.39 is 0 Å². The number of benzene rings is 1. The van der Waals surface area contributed by atoms with E-state index in [0.29, 0.717) is 13.0 Å². The monoisotopic (exact) mass is 187 g/mol. The van der Waals surface area contributed by atoms with Crippen molar-refractivity contribution in [1.82, 2.24) is 9.55 Å². The molecule has 0 bridgehead atoms. The number of aromatic nitrogens is 2. The first-order chi connectivity index (χ1) is 6.83. The second kappa shape index (κ2) is 3.38. The lowest BCUT2D eigenvalue weighted by Crippen LogP contribution is -2.16. The lowest BCUT2D eigenvalue weighted by atomic mass is 10.3. The number of hydrogen-bond acceptors (Lipinski definition) is 2. The van der Waals surface area contributed by atoms with Gasteiger partial charge in [-0.1, -0.05) is 12.1 Å². The summed E-state index contributed by atoms with van der Waals surface area (Å²) in [4.78, 5) is 14.2. The van der Waals surface area contributed by atoms with Crippen LogP contribution >= 0.6 is 0 Å². The third kappa shape index (κ3) is 1.29. The van der Waals surface area contributed by atoms with Gasteiger partial charge in [-0.25, -0.2) is 4.79 Å². The molecule has 0 unspecified atom stereocenters. The van der Waals surface area contributed by atoms with Gasteiger partial charge in [0.2, 0.25) is 0 Å². The van der Waals surface area contributed by atoms with Crippen LogP contribution in [0.15, 0.2) is 29.1 Å². The van der Waals surface area contributed by atoms with Gasteiger partial charge in [0.15, 0.2) is 0 Å². The summed E-state index contributed by atoms with van der Waals surface area (Å²) in [6.45, 7) is 0.444. The van der Waals surface area contributed by atoms with E-state index in [-0.39, 0.29) is 5.69 Å². The van der Waals surface area contributed by atoms with Crippen LogP contribution in [0.1, 0.15) is 6.42 Å². The van der Waals surface area contributed by atoms with E-state index in [9.17, 15) is 4.79 Å². The zero-order valence-electron chi connectivity index (χ0n) is 7.53. The SMILES string of the molecule is N#CCCn1c(=O)[nH]c2ccccc21. The predicted octanol–water partition coefficient (Wildman–Crippen LogP) is 1.24. The number of nitrogens with one attached hydrogen (secondary N) is 1. The first-order valence-corrected chi connectivity index (χ1v) is 4.37. The predicted molar refractivity (Wildman–Crippen MR) is 52.8 cm³/mol. The normalized spacial score (nSPS) is 10.2. The van der Waals surface area contributed by atoms with Crippen molar-refractivity contribution in [2.24, 2.45) is 0 Å². The standard InChI is InChI=1S/C10H9N3O/c11-6-3-7-13-9-5-2-1-4-8(9)12-10(13)14/h1-2,4-5H,3,7H2,(H,12,14). The highest BCUT2D eigenvalue weighted by Gasteiger charge is 2.03. The van der Waals surface area contributed by atoms with E-state index in [1.165, 1.54) is 0 Å². The summed E-state index contributed by atoms with van der Waals surface area (Å²) in [5.74, 6) is 0. The Balaban J connectivity index is 2.58. The molecule has 0 aliphatic rings. The maximum atomic E-state index is 11.4. The Morgan fingerprint density at radius 2 is 2.21 bits per heavy atom. The van der Waals surface area contributed by atoms with Crippen LogP contribution in [0.3, 0.4) is 0 Å². The Morgan fingerprint density at radius 1 is 1.43 bits per heavy atom. The minimum Gasteiger partial charge on any atom is -0.306 e. The van der Waals surface area contributed by atoms with Gasteiger partial charge in [0, 0.05) is 6.54 Å². The number of para-hydroxylation sites is 2. The van der Waals surface area contributed by atoms with E-state index >= 15 is 0 Å². The zero-order valence-corrected chi connectivity index (χ0v) is 7.53. The number of imidazole rings is 1. The molecule has 1 heterocycles. The van der Waals surface area contributed by atoms with Crippen molar-refractivity contribution in [3.05, 3.63) is 34.7 Å². The molecule has 0 aliphatic heterocycles. The van der Waals surface area contributed by atoms with Crippen molar-refractivity contribution in [3.8, 4) is 6.07 Å². The number of aryl methyl sites for hydroxylation is 1. The Bertz CT molecular complexity index is 544. The van der Waals surface area contributed by atoms with Gasteiger partial charge in [0.05, 0.1) is 23.5 Å². The molecule has 1 aromatic carbocycles. The second-order valence-corrected chi connectivity index (χ2v) is 3.01. The van der Waals surface area contributed by atoms with Gasteiger partial charge in [-0.15, -0.1) is 0 Å². The topological polar surface area (TPSA) is 61.6 Å². The third-order valence-electron chi connectivity index (χ3n) is 2.13. The number of rotatable bonds is 2. The Kier molecular flexibility index (Phi) is 2.07. The van der Waals surface area contributed by atoms with Crippen LogP contribution in [0.4, 0.5) is 0 Å². The molecule has 0 fully saturated rings. The molecule has 2 rings (SSSR count). The van der Waals surface area contributed by atoms with Gasteiger partial charge in [-0.05, 0) is 12.1 Å². The summed E-state index contributed by atoms with van der Waals surface area (Å²) < 4.78 is 1.58. The van der Waals surface area contributed by atoms with E-state index in [2.05, 4.69) is 4.98 Å². The Labute approximate surface area is 80.4 Å². The summed E-state index contributed by atoms with van der Waals surface area (Å²) in [6.07, 6.45) is 0.349. The van der Waals surface area contributed by atoms with Crippen molar-refractivity contribution >= 4 is 11.0 Å². The van der Waals surface area contributed by atoms with Crippen molar-refractivity contribution in [2.75, 3.05) is 0 Å². The largest absolute Gasteiger partial charge is 0.326 e. The highest BCUT2D eigenvalue weighted by molar-refractivity contribution is 5.74. The summed E-state index contributed by atoms with van der Waals surface area (Å²) in [5, 5.41) is 8.45. The van der Waals surface area contributed by atoms with Crippen molar-refractivity contribution in [3.63, 3.8) is 0 Å². The van der Waals surface area contributed by atoms with E-state index in [1.807, 2.05) is 30.3 Å². The second-order valence-electron chi connectivity index (χ2n) is 3.01. The highest BCUT2D eigenvalue weighted by Crippen LogP contribution is 2.08. The molecule has 1 aromatic heterocycles. The van der Waals surface area contributed by atoms with Gasteiger partial charge in [-0.2, -0.15) is 5.26 Å². The van der Waals surface area contributed by atoms with Gasteiger partial charge < -0.3 is 4.98 Å². The van der Waals surface area contributed by atoms with Crippen LogP contribution < -0.4 is 5.69 Å². The highest BCUT2D eigenvalue weighted by atomic mass is 16.1. The van der Waals surface area contributed by atoms with Crippen LogP contribution in [0.2, 0.25) is 0 Å². The van der Waals surface area contributed by atoms with Crippen LogP contribution in [-0.2, 0) is 6.54 Å². The molecular formula is C10H9N3O. The zero-order chi connectivity index (χ0) is 9.97. The van der Waals surface area contributed by atoms with Crippen LogP contribution in [0, 0.1) is 11.3 Å². The third-order valence-corrected chi connectivity index (χ3v) is 2.13. The van der Waals surface area contributed by atoms with Crippen LogP contribution in [0.5, 0.6) is 0 Å². The number of fused-ring (bicyclic) bond motifs is 1. The number of hydrogen-bond donors (Lipinski definition) is 1. The quantitative estimate of drug-likeness (QED) is 0.768. The average Bonchev–Trinajstić information content (AvgIpc) is 2.51. The summed E-state index contributed by atoms with van der Waals surface area (Å²) in [5.41, 5.74) is 1.52. The van der Waals surface area contributed by atoms with E-state index in [0.717, 1.165) is 11.0 Å². The van der Waals surface area contributed by atoms with Crippen molar-refractivity contribution < 1.29 is 0 Å². The molecular weight excluding hydrogens is 178 g/mol. The number of nitriles is 1. The number of H-pyrrole nitrogens is 1. The maximum Gasteiger partial charge on any atom is 0.326 e. The molecule has 0 radical (unpaired) electrons. The minimum atomic E-state index is -0.151. The van der Waals surface area contributed by atoms with Crippen molar-refractivity contribution in [2.45, 2.75) is 13.0 Å². The van der Waals surface area contributed by atoms with Crippen LogP contribution in [0.25, 0.3) is 11.0 Å². The summed E-state index contributed by atoms with van der Waals surface area (Å²) in [7, 11) is 0. The fourth-order valence-corrected chi connectivity index (χ4v) is 1.49. The molecule has 4 nitrogen and oxygen atoms in total. The Morgan fingerprint density at radius 3 is 3.00 bits per heavy atom. The molecule has 0 spiro atoms.